The zero-order valence-corrected chi connectivity index (χ0v) is 16.5. The maximum absolute atomic E-state index is 12.6. The number of carboxylic acid groups (broad SMARTS) is 1. The topological polar surface area (TPSA) is 208 Å². The van der Waals surface area contributed by atoms with E-state index in [4.69, 9.17) is 17.2 Å². The van der Waals surface area contributed by atoms with Gasteiger partial charge in [-0.1, -0.05) is 0 Å². The fourth-order valence-corrected chi connectivity index (χ4v) is 2.61. The van der Waals surface area contributed by atoms with Crippen LogP contribution in [0, 0.1) is 5.92 Å². The van der Waals surface area contributed by atoms with Crippen molar-refractivity contribution in [3.05, 3.63) is 0 Å². The van der Waals surface area contributed by atoms with Crippen LogP contribution in [-0.4, -0.2) is 71.9 Å². The third kappa shape index (κ3) is 7.92. The molecule has 9 N–H and O–H groups in total. The van der Waals surface area contributed by atoms with Crippen molar-refractivity contribution in [1.82, 2.24) is 10.6 Å². The third-order valence-electron chi connectivity index (χ3n) is 4.11. The van der Waals surface area contributed by atoms with Gasteiger partial charge in [-0.05, 0) is 32.4 Å². The summed E-state index contributed by atoms with van der Waals surface area (Å²) in [7, 11) is 0. The molecule has 0 fully saturated rings. The summed E-state index contributed by atoms with van der Waals surface area (Å²) in [5, 5.41) is 14.1. The molecule has 0 radical (unpaired) electrons. The third-order valence-corrected chi connectivity index (χ3v) is 4.40. The number of nitrogens with one attached hydrogen (secondary N) is 2. The number of ketones is 2. The van der Waals surface area contributed by atoms with Crippen LogP contribution in [0.15, 0.2) is 0 Å². The Bertz CT molecular complexity index is 588. The van der Waals surface area contributed by atoms with Gasteiger partial charge < -0.3 is 32.9 Å². The van der Waals surface area contributed by atoms with Gasteiger partial charge in [-0.2, -0.15) is 12.6 Å². The van der Waals surface area contributed by atoms with E-state index in [-0.39, 0.29) is 51.1 Å². The van der Waals surface area contributed by atoms with Gasteiger partial charge in [0.1, 0.15) is 0 Å². The molecule has 0 saturated heterocycles. The average molecular weight is 420 g/mol. The normalized spacial score (nSPS) is 13.9. The van der Waals surface area contributed by atoms with E-state index >= 15 is 0 Å². The molecule has 0 aromatic rings. The summed E-state index contributed by atoms with van der Waals surface area (Å²) in [6, 6.07) is 0. The summed E-state index contributed by atoms with van der Waals surface area (Å²) in [5.74, 6) is -5.76. The lowest BCUT2D eigenvalue weighted by Gasteiger charge is -2.31. The summed E-state index contributed by atoms with van der Waals surface area (Å²) in [6.45, 7) is -0.584. The van der Waals surface area contributed by atoms with Crippen molar-refractivity contribution in [3.63, 3.8) is 0 Å². The van der Waals surface area contributed by atoms with Crippen molar-refractivity contribution in [2.45, 2.75) is 31.2 Å². The SMILES string of the molecule is NCCCC(=O)C(N)(C(=O)O)C(CCCN)C(=O)CNC(=O)CNC(=O)CS. The second-order valence-corrected chi connectivity index (χ2v) is 6.47. The fourth-order valence-electron chi connectivity index (χ4n) is 2.50. The molecule has 0 aliphatic rings. The number of hydrogen-bond acceptors (Lipinski definition) is 9. The van der Waals surface area contributed by atoms with Crippen molar-refractivity contribution in [2.24, 2.45) is 23.1 Å². The highest BCUT2D eigenvalue weighted by Crippen LogP contribution is 2.25. The molecule has 0 rings (SSSR count). The predicted octanol–water partition coefficient (Wildman–Crippen LogP) is -2.84. The van der Waals surface area contributed by atoms with E-state index in [0.717, 1.165) is 0 Å². The van der Waals surface area contributed by atoms with Crippen LogP contribution in [0.3, 0.4) is 0 Å². The van der Waals surface area contributed by atoms with E-state index in [1.165, 1.54) is 0 Å². The summed E-state index contributed by atoms with van der Waals surface area (Å²) in [6.07, 6.45) is 0.274. The van der Waals surface area contributed by atoms with Gasteiger partial charge in [0.2, 0.25) is 11.8 Å². The minimum Gasteiger partial charge on any atom is -0.480 e. The zero-order chi connectivity index (χ0) is 21.7. The lowest BCUT2D eigenvalue weighted by molar-refractivity contribution is -0.154. The molecule has 0 spiro atoms. The number of carboxylic acids is 1. The molecule has 0 bridgehead atoms. The lowest BCUT2D eigenvalue weighted by Crippen LogP contribution is -2.63. The number of aliphatic carboxylic acids is 1. The number of rotatable bonds is 15. The molecule has 2 amide bonds. The molecule has 2 atom stereocenters. The standard InChI is InChI=1S/C16H29N5O6S/c17-5-1-3-10(16(19,15(26)27)12(23)4-2-6-18)11(22)7-20-13(24)8-21-14(25)9-28/h10,28H,1-9,17-19H2,(H,20,24)(H,21,25)(H,26,27). The highest BCUT2D eigenvalue weighted by Gasteiger charge is 2.50. The molecule has 0 aliphatic heterocycles. The Balaban J connectivity index is 5.26. The molecule has 28 heavy (non-hydrogen) atoms. The number of carbonyl (C=O) groups is 5. The minimum atomic E-state index is -2.44. The highest BCUT2D eigenvalue weighted by atomic mass is 32.1. The Hall–Kier alpha value is -2.02. The van der Waals surface area contributed by atoms with Crippen LogP contribution in [0.4, 0.5) is 0 Å². The van der Waals surface area contributed by atoms with Crippen LogP contribution in [0.5, 0.6) is 0 Å². The van der Waals surface area contributed by atoms with Crippen LogP contribution in [0.25, 0.3) is 0 Å². The van der Waals surface area contributed by atoms with Crippen LogP contribution >= 0.6 is 12.6 Å². The Morgan fingerprint density at radius 2 is 1.54 bits per heavy atom. The van der Waals surface area contributed by atoms with Crippen molar-refractivity contribution in [3.8, 4) is 0 Å². The Kier molecular flexibility index (Phi) is 12.3. The van der Waals surface area contributed by atoms with Crippen LogP contribution in [-0.2, 0) is 24.0 Å². The van der Waals surface area contributed by atoms with Crippen LogP contribution < -0.4 is 27.8 Å². The van der Waals surface area contributed by atoms with Crippen LogP contribution in [0.2, 0.25) is 0 Å². The molecule has 0 heterocycles. The quantitative estimate of drug-likeness (QED) is 0.108. The van der Waals surface area contributed by atoms with Gasteiger partial charge in [0, 0.05) is 6.42 Å². The van der Waals surface area contributed by atoms with Crippen molar-refractivity contribution < 1.29 is 29.1 Å². The second kappa shape index (κ2) is 13.2. The van der Waals surface area contributed by atoms with Gasteiger partial charge in [-0.15, -0.1) is 0 Å². The molecule has 0 aromatic heterocycles. The van der Waals surface area contributed by atoms with Gasteiger partial charge in [-0.25, -0.2) is 4.79 Å². The van der Waals surface area contributed by atoms with Gasteiger partial charge in [0.25, 0.3) is 0 Å². The summed E-state index contributed by atoms with van der Waals surface area (Å²) in [5.41, 5.74) is 14.3. The maximum Gasteiger partial charge on any atom is 0.332 e. The summed E-state index contributed by atoms with van der Waals surface area (Å²) >= 11 is 3.74. The van der Waals surface area contributed by atoms with E-state index in [0.29, 0.717) is 0 Å². The maximum atomic E-state index is 12.6. The second-order valence-electron chi connectivity index (χ2n) is 6.15. The highest BCUT2D eigenvalue weighted by molar-refractivity contribution is 7.81. The van der Waals surface area contributed by atoms with E-state index in [2.05, 4.69) is 23.3 Å². The number of amides is 2. The molecule has 160 valence electrons. The first-order chi connectivity index (χ1) is 13.1. The van der Waals surface area contributed by atoms with Crippen LogP contribution in [0.1, 0.15) is 25.7 Å². The van der Waals surface area contributed by atoms with E-state index in [1.807, 2.05) is 0 Å². The molecular weight excluding hydrogens is 390 g/mol. The van der Waals surface area contributed by atoms with Crippen molar-refractivity contribution in [1.29, 1.82) is 0 Å². The molecule has 11 nitrogen and oxygen atoms in total. The molecular formula is C16H29N5O6S. The average Bonchev–Trinajstić information content (AvgIpc) is 2.67. The number of Topliss-reactive ketones (excluding diaryl/α,β-unsaturated/α-hetero) is 2. The largest absolute Gasteiger partial charge is 0.480 e. The van der Waals surface area contributed by atoms with Gasteiger partial charge in [-0.3, -0.25) is 19.2 Å². The van der Waals surface area contributed by atoms with Crippen molar-refractivity contribution in [2.75, 3.05) is 31.9 Å². The number of carbonyl (C=O) groups excluding carboxylic acids is 4. The number of hydrogen-bond donors (Lipinski definition) is 7. The first kappa shape index (κ1) is 26.0. The lowest BCUT2D eigenvalue weighted by atomic mass is 9.74. The first-order valence-electron chi connectivity index (χ1n) is 8.77. The van der Waals surface area contributed by atoms with Gasteiger partial charge >= 0.3 is 5.97 Å². The smallest absolute Gasteiger partial charge is 0.332 e. The van der Waals surface area contributed by atoms with E-state index in [1.54, 1.807) is 0 Å². The van der Waals surface area contributed by atoms with Gasteiger partial charge in [0.05, 0.1) is 24.8 Å². The summed E-state index contributed by atoms with van der Waals surface area (Å²) < 4.78 is 0. The molecule has 0 aliphatic carbocycles. The van der Waals surface area contributed by atoms with Gasteiger partial charge in [0.15, 0.2) is 17.1 Å². The molecule has 12 heteroatoms. The Morgan fingerprint density at radius 1 is 0.964 bits per heavy atom. The first-order valence-corrected chi connectivity index (χ1v) is 9.41. The number of nitrogens with two attached hydrogens (primary N) is 3. The minimum absolute atomic E-state index is 0.0290. The molecule has 0 saturated carbocycles. The fraction of sp³-hybridized carbons (Fsp3) is 0.688. The Morgan fingerprint density at radius 3 is 2.04 bits per heavy atom. The molecule has 2 unspecified atom stereocenters. The van der Waals surface area contributed by atoms with Crippen molar-refractivity contribution >= 4 is 42.0 Å². The van der Waals surface area contributed by atoms with E-state index < -0.39 is 47.4 Å². The van der Waals surface area contributed by atoms with E-state index in [9.17, 15) is 29.1 Å². The number of thiol groups is 1. The predicted molar refractivity (Wildman–Crippen MR) is 105 cm³/mol. The summed E-state index contributed by atoms with van der Waals surface area (Å²) in [4.78, 5) is 59.6. The molecule has 0 aromatic carbocycles. The Labute approximate surface area is 168 Å². The zero-order valence-electron chi connectivity index (χ0n) is 15.6. The monoisotopic (exact) mass is 419 g/mol.